The highest BCUT2D eigenvalue weighted by atomic mass is 35.5. The summed E-state index contributed by atoms with van der Waals surface area (Å²) >= 11 is 7.67. The van der Waals surface area contributed by atoms with E-state index in [4.69, 9.17) is 11.6 Å². The van der Waals surface area contributed by atoms with Crippen molar-refractivity contribution in [3.63, 3.8) is 0 Å². The molecule has 0 atom stereocenters. The molecule has 0 bridgehead atoms. The van der Waals surface area contributed by atoms with Crippen molar-refractivity contribution < 1.29 is 9.90 Å². The Morgan fingerprint density at radius 3 is 2.43 bits per heavy atom. The fraction of sp³-hybridized carbons (Fsp3) is 0.238. The number of halogens is 1. The molecule has 1 saturated heterocycles. The summed E-state index contributed by atoms with van der Waals surface area (Å²) in [6.45, 7) is 5.31. The quantitative estimate of drug-likeness (QED) is 0.749. The Kier molecular flexibility index (Phi) is 5.33. The summed E-state index contributed by atoms with van der Waals surface area (Å²) < 4.78 is 0. The monoisotopic (exact) mass is 413 g/mol. The number of amides is 1. The van der Waals surface area contributed by atoms with Gasteiger partial charge in [-0.25, -0.2) is 0 Å². The van der Waals surface area contributed by atoms with Crippen LogP contribution in [-0.4, -0.2) is 47.3 Å². The average molecular weight is 414 g/mol. The van der Waals surface area contributed by atoms with Gasteiger partial charge in [-0.3, -0.25) is 4.79 Å². The van der Waals surface area contributed by atoms with Crippen LogP contribution in [0.25, 0.3) is 6.08 Å². The normalized spacial score (nSPS) is 18.7. The zero-order chi connectivity index (χ0) is 19.7. The number of hydrogen-bond acceptors (Lipinski definition) is 5. The highest BCUT2D eigenvalue weighted by Crippen LogP contribution is 2.31. The molecule has 28 heavy (non-hydrogen) atoms. The van der Waals surface area contributed by atoms with Gasteiger partial charge in [-0.15, -0.1) is 0 Å². The van der Waals surface area contributed by atoms with Crippen LogP contribution in [-0.2, 0) is 4.79 Å². The van der Waals surface area contributed by atoms with Crippen LogP contribution in [0.1, 0.15) is 11.1 Å². The molecule has 144 valence electrons. The Labute approximate surface area is 173 Å². The predicted molar refractivity (Wildman–Crippen MR) is 116 cm³/mol. The number of rotatable bonds is 2. The lowest BCUT2D eigenvalue weighted by atomic mass is 10.2. The van der Waals surface area contributed by atoms with Gasteiger partial charge in [0.1, 0.15) is 5.75 Å². The molecule has 0 spiro atoms. The van der Waals surface area contributed by atoms with Crippen molar-refractivity contribution >= 4 is 46.2 Å². The standard InChI is InChI=1S/C21H20ClN3O2S/c1-14-2-5-16(13-18(14)22)24-8-10-25(11-9-24)21-23-20(27)19(28-21)12-15-3-6-17(26)7-4-15/h2-7,12-13,26H,8-11H2,1H3/b19-12-. The lowest BCUT2D eigenvalue weighted by molar-refractivity contribution is -0.113. The minimum absolute atomic E-state index is 0.206. The van der Waals surface area contributed by atoms with Crippen LogP contribution in [0.5, 0.6) is 5.75 Å². The molecule has 4 rings (SSSR count). The number of amidine groups is 1. The second-order valence-electron chi connectivity index (χ2n) is 6.81. The maximum absolute atomic E-state index is 12.3. The van der Waals surface area contributed by atoms with Crippen LogP contribution in [0.2, 0.25) is 5.02 Å². The number of aromatic hydroxyl groups is 1. The van der Waals surface area contributed by atoms with Crippen molar-refractivity contribution in [2.75, 3.05) is 31.1 Å². The first-order chi connectivity index (χ1) is 13.5. The number of benzene rings is 2. The number of thioether (sulfide) groups is 1. The zero-order valence-electron chi connectivity index (χ0n) is 15.4. The molecule has 0 aliphatic carbocycles. The largest absolute Gasteiger partial charge is 0.508 e. The van der Waals surface area contributed by atoms with Crippen LogP contribution >= 0.6 is 23.4 Å². The lowest BCUT2D eigenvalue weighted by Crippen LogP contribution is -2.47. The molecule has 7 heteroatoms. The molecule has 2 aromatic rings. The number of anilines is 1. The van der Waals surface area contributed by atoms with E-state index in [9.17, 15) is 9.90 Å². The Morgan fingerprint density at radius 1 is 1.07 bits per heavy atom. The zero-order valence-corrected chi connectivity index (χ0v) is 17.0. The molecule has 2 heterocycles. The Balaban J connectivity index is 1.40. The summed E-state index contributed by atoms with van der Waals surface area (Å²) in [5, 5.41) is 10.9. The maximum Gasteiger partial charge on any atom is 0.286 e. The van der Waals surface area contributed by atoms with Crippen LogP contribution in [0.15, 0.2) is 52.4 Å². The van der Waals surface area contributed by atoms with Crippen LogP contribution in [0, 0.1) is 6.92 Å². The Bertz CT molecular complexity index is 964. The molecular formula is C21H20ClN3O2S. The van der Waals surface area contributed by atoms with Gasteiger partial charge < -0.3 is 14.9 Å². The summed E-state index contributed by atoms with van der Waals surface area (Å²) in [5.74, 6) is -0.00181. The second-order valence-corrected chi connectivity index (χ2v) is 8.23. The van der Waals surface area contributed by atoms with E-state index in [1.807, 2.05) is 25.1 Å². The minimum Gasteiger partial charge on any atom is -0.508 e. The van der Waals surface area contributed by atoms with Gasteiger partial charge in [0.2, 0.25) is 0 Å². The van der Waals surface area contributed by atoms with Gasteiger partial charge in [-0.2, -0.15) is 4.99 Å². The highest BCUT2D eigenvalue weighted by Gasteiger charge is 2.28. The minimum atomic E-state index is -0.208. The van der Waals surface area contributed by atoms with Crippen LogP contribution in [0.3, 0.4) is 0 Å². The second kappa shape index (κ2) is 7.89. The summed E-state index contributed by atoms with van der Waals surface area (Å²) in [6.07, 6.45) is 1.81. The van der Waals surface area contributed by atoms with E-state index in [2.05, 4.69) is 20.9 Å². The topological polar surface area (TPSA) is 56.1 Å². The SMILES string of the molecule is Cc1ccc(N2CCN(C3=NC(=O)/C(=C/c4ccc(O)cc4)S3)CC2)cc1Cl. The van der Waals surface area contributed by atoms with E-state index in [1.165, 1.54) is 11.8 Å². The first-order valence-corrected chi connectivity index (χ1v) is 10.3. The number of phenolic OH excluding ortho intramolecular Hbond substituents is 1. The van der Waals surface area contributed by atoms with Crippen LogP contribution < -0.4 is 4.90 Å². The summed E-state index contributed by atoms with van der Waals surface area (Å²) in [6, 6.07) is 12.9. The number of carbonyl (C=O) groups is 1. The lowest BCUT2D eigenvalue weighted by Gasteiger charge is -2.36. The third-order valence-corrected chi connectivity index (χ3v) is 6.32. The van der Waals surface area contributed by atoms with Crippen molar-refractivity contribution in [1.82, 2.24) is 4.90 Å². The van der Waals surface area contributed by atoms with Gasteiger partial charge in [0.25, 0.3) is 5.91 Å². The molecule has 0 unspecified atom stereocenters. The molecule has 2 aliphatic heterocycles. The van der Waals surface area contributed by atoms with Crippen molar-refractivity contribution in [1.29, 1.82) is 0 Å². The van der Waals surface area contributed by atoms with Gasteiger partial charge in [-0.1, -0.05) is 29.8 Å². The van der Waals surface area contributed by atoms with Gasteiger partial charge in [-0.05, 0) is 60.2 Å². The number of aliphatic imine (C=N–C) groups is 1. The van der Waals surface area contributed by atoms with Crippen molar-refractivity contribution in [2.45, 2.75) is 6.92 Å². The summed E-state index contributed by atoms with van der Waals surface area (Å²) in [5.41, 5.74) is 3.07. The molecule has 2 aliphatic rings. The molecule has 1 fully saturated rings. The molecule has 0 saturated carbocycles. The van der Waals surface area contributed by atoms with Gasteiger partial charge in [0.15, 0.2) is 5.17 Å². The molecule has 1 amide bonds. The van der Waals surface area contributed by atoms with Crippen molar-refractivity contribution in [3.05, 3.63) is 63.5 Å². The Hall–Kier alpha value is -2.44. The fourth-order valence-electron chi connectivity index (χ4n) is 3.19. The highest BCUT2D eigenvalue weighted by molar-refractivity contribution is 8.18. The van der Waals surface area contributed by atoms with E-state index < -0.39 is 0 Å². The molecule has 5 nitrogen and oxygen atoms in total. The van der Waals surface area contributed by atoms with Gasteiger partial charge in [0.05, 0.1) is 4.91 Å². The third kappa shape index (κ3) is 4.03. The maximum atomic E-state index is 12.3. The summed E-state index contributed by atoms with van der Waals surface area (Å²) in [4.78, 5) is 21.6. The molecule has 2 aromatic carbocycles. The van der Waals surface area contributed by atoms with Crippen molar-refractivity contribution in [3.8, 4) is 5.75 Å². The van der Waals surface area contributed by atoms with Gasteiger partial charge >= 0.3 is 0 Å². The molecule has 1 N–H and O–H groups in total. The first-order valence-electron chi connectivity index (χ1n) is 9.07. The summed E-state index contributed by atoms with van der Waals surface area (Å²) in [7, 11) is 0. The number of phenols is 1. The van der Waals surface area contributed by atoms with E-state index >= 15 is 0 Å². The Morgan fingerprint density at radius 2 is 1.75 bits per heavy atom. The number of nitrogens with zero attached hydrogens (tertiary/aromatic N) is 3. The van der Waals surface area contributed by atoms with E-state index in [0.717, 1.165) is 53.2 Å². The molecule has 0 radical (unpaired) electrons. The number of hydrogen-bond donors (Lipinski definition) is 1. The molecular weight excluding hydrogens is 394 g/mol. The smallest absolute Gasteiger partial charge is 0.286 e. The predicted octanol–water partition coefficient (Wildman–Crippen LogP) is 4.15. The first kappa shape index (κ1) is 18.9. The van der Waals surface area contributed by atoms with Crippen LogP contribution in [0.4, 0.5) is 5.69 Å². The fourth-order valence-corrected chi connectivity index (χ4v) is 4.33. The van der Waals surface area contributed by atoms with E-state index in [1.54, 1.807) is 24.3 Å². The molecule has 0 aromatic heterocycles. The van der Waals surface area contributed by atoms with E-state index in [-0.39, 0.29) is 11.7 Å². The number of carbonyl (C=O) groups excluding carboxylic acids is 1. The number of aryl methyl sites for hydroxylation is 1. The average Bonchev–Trinajstić information content (AvgIpc) is 3.06. The van der Waals surface area contributed by atoms with Crippen molar-refractivity contribution in [2.24, 2.45) is 4.99 Å². The van der Waals surface area contributed by atoms with Gasteiger partial charge in [0, 0.05) is 36.9 Å². The third-order valence-electron chi connectivity index (χ3n) is 4.87. The number of piperazine rings is 1. The van der Waals surface area contributed by atoms with E-state index in [0.29, 0.717) is 4.91 Å².